The monoisotopic (exact) mass is 438 g/mol. The summed E-state index contributed by atoms with van der Waals surface area (Å²) in [5, 5.41) is 17.1. The van der Waals surface area contributed by atoms with Gasteiger partial charge in [0.05, 0.1) is 9.13 Å². The van der Waals surface area contributed by atoms with Crippen LogP contribution < -0.4 is 16.2 Å². The molecule has 8 heteroatoms. The van der Waals surface area contributed by atoms with Crippen LogP contribution in [0.3, 0.4) is 0 Å². The van der Waals surface area contributed by atoms with Gasteiger partial charge in [-0.15, -0.1) is 0 Å². The van der Waals surface area contributed by atoms with E-state index in [9.17, 15) is 9.59 Å². The number of aromatic carboxylic acids is 1. The zero-order valence-electron chi connectivity index (χ0n) is 12.8. The van der Waals surface area contributed by atoms with Crippen molar-refractivity contribution in [1.29, 1.82) is 0 Å². The second-order valence-corrected chi connectivity index (χ2v) is 5.79. The standard InChI is InChI=1S/C9H7IO5.C6H16N2/c10-6-3-5(9(13)14)1-2-7(6)15-4-8(11)12;7-5-3-1-2-4-6-8/h1-3H,4H2,(H,11,12)(H,13,14);1-8H2. The highest BCUT2D eigenvalue weighted by molar-refractivity contribution is 14.1. The zero-order valence-corrected chi connectivity index (χ0v) is 15.0. The molecule has 0 radical (unpaired) electrons. The number of unbranched alkanes of at least 4 members (excludes halogenated alkanes) is 3. The summed E-state index contributed by atoms with van der Waals surface area (Å²) in [6.07, 6.45) is 4.79. The number of hydrogen-bond acceptors (Lipinski definition) is 5. The van der Waals surface area contributed by atoms with E-state index in [1.165, 1.54) is 31.0 Å². The molecule has 0 bridgehead atoms. The molecule has 0 aliphatic heterocycles. The third-order valence-corrected chi connectivity index (χ3v) is 3.53. The van der Waals surface area contributed by atoms with Crippen LogP contribution >= 0.6 is 22.6 Å². The first-order valence-electron chi connectivity index (χ1n) is 7.20. The van der Waals surface area contributed by atoms with Gasteiger partial charge in [-0.3, -0.25) is 0 Å². The minimum atomic E-state index is -1.08. The topological polar surface area (TPSA) is 136 Å². The molecule has 6 N–H and O–H groups in total. The van der Waals surface area contributed by atoms with E-state index >= 15 is 0 Å². The van der Waals surface area contributed by atoms with E-state index in [4.69, 9.17) is 26.4 Å². The number of rotatable bonds is 9. The molecular formula is C15H23IN2O5. The van der Waals surface area contributed by atoms with Crippen molar-refractivity contribution < 1.29 is 24.5 Å². The fourth-order valence-corrected chi connectivity index (χ4v) is 2.20. The number of benzene rings is 1. The van der Waals surface area contributed by atoms with Crippen molar-refractivity contribution in [3.8, 4) is 5.75 Å². The average molecular weight is 438 g/mol. The molecule has 0 aromatic heterocycles. The van der Waals surface area contributed by atoms with E-state index in [0.717, 1.165) is 25.9 Å². The van der Waals surface area contributed by atoms with Crippen LogP contribution in [0.5, 0.6) is 5.75 Å². The van der Waals surface area contributed by atoms with Crippen LogP contribution in [0.25, 0.3) is 0 Å². The van der Waals surface area contributed by atoms with Gasteiger partial charge in [0.25, 0.3) is 0 Å². The summed E-state index contributed by atoms with van der Waals surface area (Å²) < 4.78 is 5.50. The summed E-state index contributed by atoms with van der Waals surface area (Å²) in [5.74, 6) is -1.74. The van der Waals surface area contributed by atoms with Gasteiger partial charge >= 0.3 is 11.9 Å². The minimum Gasteiger partial charge on any atom is -0.481 e. The Morgan fingerprint density at radius 3 is 2.00 bits per heavy atom. The maximum Gasteiger partial charge on any atom is 0.341 e. The SMILES string of the molecule is NCCCCCCN.O=C(O)COc1ccc(C(=O)O)cc1I. The lowest BCUT2D eigenvalue weighted by molar-refractivity contribution is -0.139. The molecule has 0 aliphatic carbocycles. The van der Waals surface area contributed by atoms with Crippen LogP contribution in [0.1, 0.15) is 36.0 Å². The number of ether oxygens (including phenoxy) is 1. The molecule has 0 amide bonds. The number of aliphatic carboxylic acids is 1. The highest BCUT2D eigenvalue weighted by Crippen LogP contribution is 2.22. The van der Waals surface area contributed by atoms with Gasteiger partial charge in [0, 0.05) is 0 Å². The van der Waals surface area contributed by atoms with Crippen LogP contribution in [0, 0.1) is 3.57 Å². The lowest BCUT2D eigenvalue weighted by Crippen LogP contribution is -2.10. The zero-order chi connectivity index (χ0) is 17.7. The number of carboxylic acids is 2. The van der Waals surface area contributed by atoms with Gasteiger partial charge < -0.3 is 26.4 Å². The van der Waals surface area contributed by atoms with Gasteiger partial charge in [0.2, 0.25) is 0 Å². The van der Waals surface area contributed by atoms with E-state index in [1.807, 2.05) is 22.6 Å². The highest BCUT2D eigenvalue weighted by Gasteiger charge is 2.08. The Morgan fingerprint density at radius 2 is 1.61 bits per heavy atom. The molecule has 1 aromatic rings. The van der Waals surface area contributed by atoms with Crippen molar-refractivity contribution in [2.24, 2.45) is 11.5 Å². The maximum atomic E-state index is 10.6. The molecule has 23 heavy (non-hydrogen) atoms. The Kier molecular flexibility index (Phi) is 12.3. The summed E-state index contributed by atoms with van der Waals surface area (Å²) in [6.45, 7) is 1.21. The molecule has 1 rings (SSSR count). The Labute approximate surface area is 149 Å². The van der Waals surface area contributed by atoms with Gasteiger partial charge in [-0.25, -0.2) is 9.59 Å². The lowest BCUT2D eigenvalue weighted by Gasteiger charge is -2.05. The third kappa shape index (κ3) is 10.9. The quantitative estimate of drug-likeness (QED) is 0.342. The normalized spacial score (nSPS) is 9.70. The van der Waals surface area contributed by atoms with Gasteiger partial charge in [-0.1, -0.05) is 12.8 Å². The fourth-order valence-electron chi connectivity index (χ4n) is 1.53. The van der Waals surface area contributed by atoms with Gasteiger partial charge in [0.1, 0.15) is 5.75 Å². The van der Waals surface area contributed by atoms with Crippen LogP contribution in [0.4, 0.5) is 0 Å². The van der Waals surface area contributed by atoms with Crippen LogP contribution in [-0.4, -0.2) is 41.8 Å². The van der Waals surface area contributed by atoms with Gasteiger partial charge in [0.15, 0.2) is 6.61 Å². The smallest absolute Gasteiger partial charge is 0.341 e. The maximum absolute atomic E-state index is 10.6. The Hall–Kier alpha value is -1.39. The number of carboxylic acid groups (broad SMARTS) is 2. The predicted octanol–water partition coefficient (Wildman–Crippen LogP) is 1.92. The summed E-state index contributed by atoms with van der Waals surface area (Å²) in [6, 6.07) is 4.22. The van der Waals surface area contributed by atoms with Crippen molar-refractivity contribution in [2.75, 3.05) is 19.7 Å². The molecule has 1 aromatic carbocycles. The number of nitrogens with two attached hydrogens (primary N) is 2. The molecular weight excluding hydrogens is 415 g/mol. The first-order valence-corrected chi connectivity index (χ1v) is 8.27. The predicted molar refractivity (Wildman–Crippen MR) is 95.8 cm³/mol. The Bertz CT molecular complexity index is 491. The van der Waals surface area contributed by atoms with Gasteiger partial charge in [-0.05, 0) is 66.7 Å². The summed E-state index contributed by atoms with van der Waals surface area (Å²) in [4.78, 5) is 20.8. The summed E-state index contributed by atoms with van der Waals surface area (Å²) in [5.41, 5.74) is 10.7. The van der Waals surface area contributed by atoms with E-state index < -0.39 is 18.5 Å². The first-order chi connectivity index (χ1) is 10.9. The number of hydrogen-bond donors (Lipinski definition) is 4. The molecule has 0 saturated heterocycles. The van der Waals surface area contributed by atoms with Crippen molar-refractivity contribution in [1.82, 2.24) is 0 Å². The molecule has 0 saturated carbocycles. The van der Waals surface area contributed by atoms with Crippen molar-refractivity contribution in [3.63, 3.8) is 0 Å². The van der Waals surface area contributed by atoms with Crippen molar-refractivity contribution in [2.45, 2.75) is 25.7 Å². The summed E-state index contributed by atoms with van der Waals surface area (Å²) in [7, 11) is 0. The van der Waals surface area contributed by atoms with E-state index in [0.29, 0.717) is 9.32 Å². The van der Waals surface area contributed by atoms with Crippen LogP contribution in [0.15, 0.2) is 18.2 Å². The van der Waals surface area contributed by atoms with Crippen molar-refractivity contribution in [3.05, 3.63) is 27.3 Å². The fraction of sp³-hybridized carbons (Fsp3) is 0.467. The molecule has 0 atom stereocenters. The molecule has 0 unspecified atom stereocenters. The Morgan fingerprint density at radius 1 is 1.04 bits per heavy atom. The molecule has 0 fully saturated rings. The van der Waals surface area contributed by atoms with Crippen molar-refractivity contribution >= 4 is 34.5 Å². The first kappa shape index (κ1) is 21.6. The van der Waals surface area contributed by atoms with Crippen LogP contribution in [0.2, 0.25) is 0 Å². The molecule has 130 valence electrons. The second-order valence-electron chi connectivity index (χ2n) is 4.62. The lowest BCUT2D eigenvalue weighted by atomic mass is 10.2. The Balaban J connectivity index is 0.000000515. The molecule has 7 nitrogen and oxygen atoms in total. The van der Waals surface area contributed by atoms with E-state index in [-0.39, 0.29) is 5.56 Å². The average Bonchev–Trinajstić information content (AvgIpc) is 2.51. The highest BCUT2D eigenvalue weighted by atomic mass is 127. The number of carbonyl (C=O) groups is 2. The third-order valence-electron chi connectivity index (χ3n) is 2.69. The van der Waals surface area contributed by atoms with Gasteiger partial charge in [-0.2, -0.15) is 0 Å². The molecule has 0 aliphatic rings. The largest absolute Gasteiger partial charge is 0.481 e. The molecule has 0 spiro atoms. The summed E-state index contributed by atoms with van der Waals surface area (Å²) >= 11 is 1.88. The molecule has 0 heterocycles. The number of halogens is 1. The van der Waals surface area contributed by atoms with Crippen LogP contribution in [-0.2, 0) is 4.79 Å². The van der Waals surface area contributed by atoms with E-state index in [2.05, 4.69) is 0 Å². The minimum absolute atomic E-state index is 0.141. The van der Waals surface area contributed by atoms with E-state index in [1.54, 1.807) is 0 Å². The second kappa shape index (κ2) is 13.1.